The van der Waals surface area contributed by atoms with E-state index in [0.717, 1.165) is 20.8 Å². The summed E-state index contributed by atoms with van der Waals surface area (Å²) in [7, 11) is 0. The summed E-state index contributed by atoms with van der Waals surface area (Å²) in [5, 5.41) is 0.775. The Morgan fingerprint density at radius 3 is 3.00 bits per heavy atom. The standard InChI is InChI=1S/C14H16ClN3S/c15-9-3-4-10-13(8-9)18(14(19)16-10)12-5-7-17-6-1-2-11(12)17/h3-4,8,11-12H,1-2,5-7H2,(H,16,19). The molecule has 3 nitrogen and oxygen atoms in total. The first kappa shape index (κ1) is 11.9. The lowest BCUT2D eigenvalue weighted by molar-refractivity contribution is 0.291. The van der Waals surface area contributed by atoms with Gasteiger partial charge in [-0.15, -0.1) is 0 Å². The topological polar surface area (TPSA) is 24.0 Å². The maximum absolute atomic E-state index is 6.15. The Labute approximate surface area is 122 Å². The quantitative estimate of drug-likeness (QED) is 0.810. The van der Waals surface area contributed by atoms with Crippen molar-refractivity contribution in [3.8, 4) is 0 Å². The minimum absolute atomic E-state index is 0.502. The largest absolute Gasteiger partial charge is 0.331 e. The summed E-state index contributed by atoms with van der Waals surface area (Å²) >= 11 is 11.7. The first-order chi connectivity index (χ1) is 9.24. The number of halogens is 1. The molecule has 0 radical (unpaired) electrons. The summed E-state index contributed by atoms with van der Waals surface area (Å²) in [6.45, 7) is 2.45. The van der Waals surface area contributed by atoms with E-state index in [1.54, 1.807) is 0 Å². The number of nitrogens with one attached hydrogen (secondary N) is 1. The number of fused-ring (bicyclic) bond motifs is 2. The molecule has 19 heavy (non-hydrogen) atoms. The molecule has 0 aliphatic carbocycles. The number of H-pyrrole nitrogens is 1. The highest BCUT2D eigenvalue weighted by Gasteiger charge is 2.38. The molecular formula is C14H16ClN3S. The van der Waals surface area contributed by atoms with Crippen LogP contribution in [-0.2, 0) is 0 Å². The number of hydrogen-bond acceptors (Lipinski definition) is 2. The van der Waals surface area contributed by atoms with E-state index in [2.05, 4.69) is 14.5 Å². The fraction of sp³-hybridized carbons (Fsp3) is 0.500. The number of imidazole rings is 1. The van der Waals surface area contributed by atoms with E-state index in [1.807, 2.05) is 18.2 Å². The van der Waals surface area contributed by atoms with E-state index < -0.39 is 0 Å². The fourth-order valence-electron chi connectivity index (χ4n) is 3.78. The first-order valence-corrected chi connectivity index (χ1v) is 7.66. The van der Waals surface area contributed by atoms with Crippen LogP contribution in [0.5, 0.6) is 0 Å². The van der Waals surface area contributed by atoms with Crippen molar-refractivity contribution in [3.05, 3.63) is 28.0 Å². The van der Waals surface area contributed by atoms with Crippen molar-refractivity contribution in [1.82, 2.24) is 14.5 Å². The molecule has 0 saturated carbocycles. The molecule has 3 heterocycles. The highest BCUT2D eigenvalue weighted by Crippen LogP contribution is 2.38. The molecule has 1 aromatic carbocycles. The Morgan fingerprint density at radius 1 is 1.21 bits per heavy atom. The van der Waals surface area contributed by atoms with Crippen LogP contribution in [-0.4, -0.2) is 33.6 Å². The van der Waals surface area contributed by atoms with Crippen LogP contribution in [0, 0.1) is 4.77 Å². The van der Waals surface area contributed by atoms with Gasteiger partial charge in [0.2, 0.25) is 0 Å². The second kappa shape index (κ2) is 4.33. The molecule has 5 heteroatoms. The second-order valence-corrected chi connectivity index (χ2v) is 6.39. The summed E-state index contributed by atoms with van der Waals surface area (Å²) in [5.74, 6) is 0. The average Bonchev–Trinajstić information content (AvgIpc) is 3.03. The van der Waals surface area contributed by atoms with Gasteiger partial charge in [-0.05, 0) is 56.2 Å². The third kappa shape index (κ3) is 1.77. The SMILES string of the molecule is S=c1[nH]c2ccc(Cl)cc2n1C1CCN2CCCC12. The van der Waals surface area contributed by atoms with Crippen molar-refractivity contribution in [2.45, 2.75) is 31.3 Å². The molecule has 4 rings (SSSR count). The zero-order chi connectivity index (χ0) is 13.0. The number of aromatic amines is 1. The zero-order valence-electron chi connectivity index (χ0n) is 10.6. The molecule has 100 valence electrons. The lowest BCUT2D eigenvalue weighted by atomic mass is 10.1. The highest BCUT2D eigenvalue weighted by atomic mass is 35.5. The van der Waals surface area contributed by atoms with Crippen molar-refractivity contribution < 1.29 is 0 Å². The van der Waals surface area contributed by atoms with Gasteiger partial charge in [0.25, 0.3) is 0 Å². The summed E-state index contributed by atoms with van der Waals surface area (Å²) < 4.78 is 3.13. The number of hydrogen-bond donors (Lipinski definition) is 1. The third-order valence-electron chi connectivity index (χ3n) is 4.58. The first-order valence-electron chi connectivity index (χ1n) is 6.88. The van der Waals surface area contributed by atoms with E-state index in [1.165, 1.54) is 32.4 Å². The predicted octanol–water partition coefficient (Wildman–Crippen LogP) is 3.76. The number of benzene rings is 1. The molecule has 2 aliphatic rings. The van der Waals surface area contributed by atoms with E-state index in [-0.39, 0.29) is 0 Å². The van der Waals surface area contributed by atoms with Gasteiger partial charge in [-0.2, -0.15) is 0 Å². The van der Waals surface area contributed by atoms with E-state index in [9.17, 15) is 0 Å². The van der Waals surface area contributed by atoms with Crippen LogP contribution in [0.15, 0.2) is 18.2 Å². The van der Waals surface area contributed by atoms with Gasteiger partial charge in [0.15, 0.2) is 4.77 Å². The number of aromatic nitrogens is 2. The molecule has 0 bridgehead atoms. The summed E-state index contributed by atoms with van der Waals surface area (Å²) in [6.07, 6.45) is 3.80. The van der Waals surface area contributed by atoms with E-state index >= 15 is 0 Å². The van der Waals surface area contributed by atoms with E-state index in [0.29, 0.717) is 12.1 Å². The highest BCUT2D eigenvalue weighted by molar-refractivity contribution is 7.71. The summed E-state index contributed by atoms with van der Waals surface area (Å²) in [6, 6.07) is 7.12. The van der Waals surface area contributed by atoms with Gasteiger partial charge in [-0.3, -0.25) is 4.90 Å². The lowest BCUT2D eigenvalue weighted by Crippen LogP contribution is -2.27. The summed E-state index contributed by atoms with van der Waals surface area (Å²) in [4.78, 5) is 5.92. The van der Waals surface area contributed by atoms with Crippen molar-refractivity contribution in [2.24, 2.45) is 0 Å². The number of nitrogens with zero attached hydrogens (tertiary/aromatic N) is 2. The molecule has 2 fully saturated rings. The molecule has 0 amide bonds. The Hall–Kier alpha value is -0.840. The van der Waals surface area contributed by atoms with Crippen LogP contribution in [0.1, 0.15) is 25.3 Å². The molecule has 2 aromatic rings. The minimum Gasteiger partial charge on any atom is -0.331 e. The number of rotatable bonds is 1. The van der Waals surface area contributed by atoms with Crippen LogP contribution in [0.2, 0.25) is 5.02 Å². The molecule has 2 atom stereocenters. The van der Waals surface area contributed by atoms with Crippen LogP contribution in [0.25, 0.3) is 11.0 Å². The molecule has 0 spiro atoms. The van der Waals surface area contributed by atoms with Gasteiger partial charge < -0.3 is 9.55 Å². The minimum atomic E-state index is 0.502. The van der Waals surface area contributed by atoms with Crippen molar-refractivity contribution in [1.29, 1.82) is 0 Å². The fourth-order valence-corrected chi connectivity index (χ4v) is 4.29. The van der Waals surface area contributed by atoms with Crippen molar-refractivity contribution in [2.75, 3.05) is 13.1 Å². The van der Waals surface area contributed by atoms with E-state index in [4.69, 9.17) is 23.8 Å². The van der Waals surface area contributed by atoms with Crippen LogP contribution < -0.4 is 0 Å². The molecule has 2 unspecified atom stereocenters. The molecule has 2 aliphatic heterocycles. The molecule has 2 saturated heterocycles. The van der Waals surface area contributed by atoms with Gasteiger partial charge in [0, 0.05) is 17.6 Å². The van der Waals surface area contributed by atoms with Crippen molar-refractivity contribution >= 4 is 34.9 Å². The van der Waals surface area contributed by atoms with Crippen molar-refractivity contribution in [3.63, 3.8) is 0 Å². The summed E-state index contributed by atoms with van der Waals surface area (Å²) in [5.41, 5.74) is 2.24. The van der Waals surface area contributed by atoms with Gasteiger partial charge in [0.05, 0.1) is 17.1 Å². The molecule has 1 aromatic heterocycles. The molecule has 1 N–H and O–H groups in total. The van der Waals surface area contributed by atoms with Gasteiger partial charge in [-0.25, -0.2) is 0 Å². The van der Waals surface area contributed by atoms with Gasteiger partial charge in [0.1, 0.15) is 0 Å². The Morgan fingerprint density at radius 2 is 2.11 bits per heavy atom. The second-order valence-electron chi connectivity index (χ2n) is 5.56. The van der Waals surface area contributed by atoms with Crippen LogP contribution in [0.3, 0.4) is 0 Å². The lowest BCUT2D eigenvalue weighted by Gasteiger charge is -2.22. The molecular weight excluding hydrogens is 278 g/mol. The average molecular weight is 294 g/mol. The van der Waals surface area contributed by atoms with Crippen LogP contribution in [0.4, 0.5) is 0 Å². The zero-order valence-corrected chi connectivity index (χ0v) is 12.2. The predicted molar refractivity (Wildman–Crippen MR) is 80.4 cm³/mol. The van der Waals surface area contributed by atoms with Gasteiger partial charge in [-0.1, -0.05) is 11.6 Å². The Kier molecular flexibility index (Phi) is 2.72. The smallest absolute Gasteiger partial charge is 0.178 e. The normalized spacial score (nSPS) is 27.2. The maximum Gasteiger partial charge on any atom is 0.178 e. The van der Waals surface area contributed by atoms with Crippen LogP contribution >= 0.6 is 23.8 Å². The maximum atomic E-state index is 6.15. The Bertz CT molecular complexity index is 690. The Balaban J connectivity index is 1.88. The third-order valence-corrected chi connectivity index (χ3v) is 5.12. The monoisotopic (exact) mass is 293 g/mol. The van der Waals surface area contributed by atoms with Gasteiger partial charge >= 0.3 is 0 Å².